The molecule has 2 aromatic rings. The van der Waals surface area contributed by atoms with Crippen LogP contribution in [-0.4, -0.2) is 62.1 Å². The zero-order valence-corrected chi connectivity index (χ0v) is 13.4. The van der Waals surface area contributed by atoms with Gasteiger partial charge in [0.15, 0.2) is 5.82 Å². The molecule has 0 atom stereocenters. The number of carbonyl (C=O) groups excluding carboxylic acids is 1. The minimum Gasteiger partial charge on any atom is -0.342 e. The second-order valence-electron chi connectivity index (χ2n) is 5.87. The van der Waals surface area contributed by atoms with Crippen LogP contribution >= 0.6 is 0 Å². The molecule has 0 bridgehead atoms. The van der Waals surface area contributed by atoms with Gasteiger partial charge in [-0.1, -0.05) is 30.3 Å². The van der Waals surface area contributed by atoms with E-state index in [1.54, 1.807) is 6.92 Å². The molecule has 0 N–H and O–H groups in total. The second-order valence-corrected chi connectivity index (χ2v) is 5.87. The molecule has 0 unspecified atom stereocenters. The average molecular weight is 314 g/mol. The van der Waals surface area contributed by atoms with E-state index in [-0.39, 0.29) is 5.91 Å². The largest absolute Gasteiger partial charge is 0.342 e. The Kier molecular flexibility index (Phi) is 4.97. The third-order valence-corrected chi connectivity index (χ3v) is 4.18. The maximum atomic E-state index is 11.5. The molecule has 0 saturated carbocycles. The van der Waals surface area contributed by atoms with Crippen LogP contribution in [0.4, 0.5) is 0 Å². The molecule has 23 heavy (non-hydrogen) atoms. The van der Waals surface area contributed by atoms with E-state index in [2.05, 4.69) is 32.6 Å². The standard InChI is InChI=1S/C16H22N6O/c1-14(23)21-9-5-8-20(10-11-21)13-16-17-18-19-22(16)12-15-6-3-2-4-7-15/h2-4,6-7H,5,8-13H2,1H3. The molecule has 0 aliphatic carbocycles. The summed E-state index contributed by atoms with van der Waals surface area (Å²) in [6.45, 7) is 6.45. The van der Waals surface area contributed by atoms with Crippen molar-refractivity contribution in [2.24, 2.45) is 0 Å². The number of tetrazole rings is 1. The van der Waals surface area contributed by atoms with E-state index in [9.17, 15) is 4.79 Å². The lowest BCUT2D eigenvalue weighted by molar-refractivity contribution is -0.128. The minimum atomic E-state index is 0.153. The molecule has 1 fully saturated rings. The van der Waals surface area contributed by atoms with E-state index < -0.39 is 0 Å². The van der Waals surface area contributed by atoms with Crippen molar-refractivity contribution in [3.8, 4) is 0 Å². The molecule has 1 aromatic heterocycles. The molecule has 2 heterocycles. The topological polar surface area (TPSA) is 67.2 Å². The number of benzene rings is 1. The quantitative estimate of drug-likeness (QED) is 0.834. The first kappa shape index (κ1) is 15.6. The van der Waals surface area contributed by atoms with Gasteiger partial charge >= 0.3 is 0 Å². The van der Waals surface area contributed by atoms with Crippen molar-refractivity contribution in [3.63, 3.8) is 0 Å². The Balaban J connectivity index is 1.62. The van der Waals surface area contributed by atoms with Gasteiger partial charge in [-0.05, 0) is 22.4 Å². The summed E-state index contributed by atoms with van der Waals surface area (Å²) in [5.74, 6) is 1.02. The molecular weight excluding hydrogens is 292 g/mol. The van der Waals surface area contributed by atoms with Gasteiger partial charge in [0.05, 0.1) is 13.1 Å². The van der Waals surface area contributed by atoms with Crippen LogP contribution in [0.15, 0.2) is 30.3 Å². The molecule has 1 aromatic carbocycles. The van der Waals surface area contributed by atoms with Crippen molar-refractivity contribution in [1.82, 2.24) is 30.0 Å². The first-order valence-electron chi connectivity index (χ1n) is 7.99. The molecule has 1 amide bonds. The van der Waals surface area contributed by atoms with Crippen molar-refractivity contribution in [2.75, 3.05) is 26.2 Å². The summed E-state index contributed by atoms with van der Waals surface area (Å²) in [5, 5.41) is 12.1. The van der Waals surface area contributed by atoms with Crippen LogP contribution in [0.5, 0.6) is 0 Å². The SMILES string of the molecule is CC(=O)N1CCCN(Cc2nnnn2Cc2ccccc2)CC1. The monoisotopic (exact) mass is 314 g/mol. The molecule has 0 spiro atoms. The van der Waals surface area contributed by atoms with Gasteiger partial charge in [-0.2, -0.15) is 0 Å². The molecule has 7 heteroatoms. The smallest absolute Gasteiger partial charge is 0.219 e. The number of nitrogens with zero attached hydrogens (tertiary/aromatic N) is 6. The van der Waals surface area contributed by atoms with Crippen LogP contribution < -0.4 is 0 Å². The van der Waals surface area contributed by atoms with Crippen LogP contribution in [0.2, 0.25) is 0 Å². The zero-order valence-electron chi connectivity index (χ0n) is 13.4. The number of aromatic nitrogens is 4. The fraction of sp³-hybridized carbons (Fsp3) is 0.500. The average Bonchev–Trinajstić information content (AvgIpc) is 2.83. The van der Waals surface area contributed by atoms with E-state index in [1.807, 2.05) is 27.8 Å². The summed E-state index contributed by atoms with van der Waals surface area (Å²) in [4.78, 5) is 15.7. The maximum Gasteiger partial charge on any atom is 0.219 e. The third kappa shape index (κ3) is 4.13. The lowest BCUT2D eigenvalue weighted by atomic mass is 10.2. The highest BCUT2D eigenvalue weighted by Gasteiger charge is 2.18. The fourth-order valence-electron chi connectivity index (χ4n) is 2.86. The highest BCUT2D eigenvalue weighted by atomic mass is 16.2. The molecule has 7 nitrogen and oxygen atoms in total. The second kappa shape index (κ2) is 7.32. The maximum absolute atomic E-state index is 11.5. The van der Waals surface area contributed by atoms with Gasteiger partial charge in [-0.3, -0.25) is 9.69 Å². The molecule has 1 saturated heterocycles. The highest BCUT2D eigenvalue weighted by molar-refractivity contribution is 5.73. The molecule has 1 aliphatic heterocycles. The Hall–Kier alpha value is -2.28. The molecule has 1 aliphatic rings. The van der Waals surface area contributed by atoms with E-state index in [0.29, 0.717) is 13.1 Å². The van der Waals surface area contributed by atoms with Gasteiger partial charge in [-0.15, -0.1) is 5.10 Å². The molecular formula is C16H22N6O. The van der Waals surface area contributed by atoms with Crippen molar-refractivity contribution in [2.45, 2.75) is 26.4 Å². The lowest BCUT2D eigenvalue weighted by Crippen LogP contribution is -2.33. The number of hydrogen-bond acceptors (Lipinski definition) is 5. The van der Waals surface area contributed by atoms with Crippen molar-refractivity contribution in [3.05, 3.63) is 41.7 Å². The van der Waals surface area contributed by atoms with Crippen LogP contribution in [0, 0.1) is 0 Å². The Morgan fingerprint density at radius 3 is 2.70 bits per heavy atom. The Morgan fingerprint density at radius 2 is 1.91 bits per heavy atom. The van der Waals surface area contributed by atoms with Crippen molar-refractivity contribution in [1.29, 1.82) is 0 Å². The summed E-state index contributed by atoms with van der Waals surface area (Å²) in [6, 6.07) is 10.2. The fourth-order valence-corrected chi connectivity index (χ4v) is 2.86. The Morgan fingerprint density at radius 1 is 1.09 bits per heavy atom. The Labute approximate surface area is 135 Å². The predicted molar refractivity (Wildman–Crippen MR) is 85.5 cm³/mol. The van der Waals surface area contributed by atoms with E-state index in [1.165, 1.54) is 5.56 Å². The predicted octanol–water partition coefficient (Wildman–Crippen LogP) is 0.776. The van der Waals surface area contributed by atoms with E-state index in [4.69, 9.17) is 0 Å². The minimum absolute atomic E-state index is 0.153. The normalized spacial score (nSPS) is 16.3. The van der Waals surface area contributed by atoms with E-state index in [0.717, 1.165) is 38.4 Å². The van der Waals surface area contributed by atoms with Gasteiger partial charge in [0.1, 0.15) is 0 Å². The summed E-state index contributed by atoms with van der Waals surface area (Å²) in [5.41, 5.74) is 1.18. The van der Waals surface area contributed by atoms with E-state index >= 15 is 0 Å². The van der Waals surface area contributed by atoms with Crippen LogP contribution in [-0.2, 0) is 17.9 Å². The summed E-state index contributed by atoms with van der Waals surface area (Å²) in [6.07, 6.45) is 0.986. The first-order valence-corrected chi connectivity index (χ1v) is 7.99. The lowest BCUT2D eigenvalue weighted by Gasteiger charge is -2.20. The van der Waals surface area contributed by atoms with Gasteiger partial charge in [-0.25, -0.2) is 4.68 Å². The summed E-state index contributed by atoms with van der Waals surface area (Å²) >= 11 is 0. The van der Waals surface area contributed by atoms with Gasteiger partial charge in [0.25, 0.3) is 0 Å². The number of rotatable bonds is 4. The van der Waals surface area contributed by atoms with Crippen LogP contribution in [0.3, 0.4) is 0 Å². The van der Waals surface area contributed by atoms with Crippen LogP contribution in [0.1, 0.15) is 24.7 Å². The Bertz CT molecular complexity index is 641. The third-order valence-electron chi connectivity index (χ3n) is 4.18. The van der Waals surface area contributed by atoms with Gasteiger partial charge < -0.3 is 4.90 Å². The molecule has 0 radical (unpaired) electrons. The summed E-state index contributed by atoms with van der Waals surface area (Å²) in [7, 11) is 0. The number of amides is 1. The number of carbonyl (C=O) groups is 1. The van der Waals surface area contributed by atoms with Crippen molar-refractivity contribution < 1.29 is 4.79 Å². The molecule has 3 rings (SSSR count). The summed E-state index contributed by atoms with van der Waals surface area (Å²) < 4.78 is 1.85. The highest BCUT2D eigenvalue weighted by Crippen LogP contribution is 2.09. The number of hydrogen-bond donors (Lipinski definition) is 0. The van der Waals surface area contributed by atoms with Crippen LogP contribution in [0.25, 0.3) is 0 Å². The zero-order chi connectivity index (χ0) is 16.1. The first-order chi connectivity index (χ1) is 11.2. The van der Waals surface area contributed by atoms with Crippen molar-refractivity contribution >= 4 is 5.91 Å². The van der Waals surface area contributed by atoms with Gasteiger partial charge in [0.2, 0.25) is 5.91 Å². The molecule has 122 valence electrons. The van der Waals surface area contributed by atoms with Gasteiger partial charge in [0, 0.05) is 33.1 Å².